The summed E-state index contributed by atoms with van der Waals surface area (Å²) in [6.45, 7) is 4.90. The second kappa shape index (κ2) is 8.76. The lowest BCUT2D eigenvalue weighted by Gasteiger charge is -2.19. The fraction of sp³-hybridized carbons (Fsp3) is 0.333. The Hall–Kier alpha value is -2.34. The molecule has 1 rings (SSSR count). The predicted molar refractivity (Wildman–Crippen MR) is 80.8 cm³/mol. The van der Waals surface area contributed by atoms with E-state index in [0.717, 1.165) is 6.42 Å². The van der Waals surface area contributed by atoms with Gasteiger partial charge in [0, 0.05) is 13.6 Å². The Morgan fingerprint density at radius 3 is 2.76 bits per heavy atom. The number of carboxylic acids is 1. The number of rotatable bonds is 8. The molecule has 0 fully saturated rings. The summed E-state index contributed by atoms with van der Waals surface area (Å²) >= 11 is 0. The van der Waals surface area contributed by atoms with Crippen molar-refractivity contribution in [3.63, 3.8) is 0 Å². The molecule has 0 radical (unpaired) electrons. The summed E-state index contributed by atoms with van der Waals surface area (Å²) in [5.74, 6) is -1.07. The zero-order valence-corrected chi connectivity index (χ0v) is 12.0. The lowest BCUT2D eigenvalue weighted by molar-refractivity contribution is 0.0697. The standard InChI is InChI=1S/C15H20N2O4/c1-3-4-10-21-11-9-16-15(20)17(2)13-8-6-5-7-12(13)14(18)19/h3,5-8H,1,4,9-11H2,2H3,(H,16,20)(H,18,19). The molecule has 0 unspecified atom stereocenters. The Bertz CT molecular complexity index is 502. The largest absolute Gasteiger partial charge is 0.478 e. The van der Waals surface area contributed by atoms with E-state index in [1.807, 2.05) is 0 Å². The Kier molecular flexibility index (Phi) is 6.97. The molecular weight excluding hydrogens is 272 g/mol. The number of benzene rings is 1. The molecule has 0 saturated carbocycles. The average molecular weight is 292 g/mol. The number of carbonyl (C=O) groups is 2. The van der Waals surface area contributed by atoms with Crippen LogP contribution in [-0.2, 0) is 4.74 Å². The highest BCUT2D eigenvalue weighted by atomic mass is 16.5. The smallest absolute Gasteiger partial charge is 0.337 e. The number of para-hydroxylation sites is 1. The number of aromatic carboxylic acids is 1. The van der Waals surface area contributed by atoms with Crippen molar-refractivity contribution < 1.29 is 19.4 Å². The summed E-state index contributed by atoms with van der Waals surface area (Å²) in [6, 6.07) is 5.97. The molecule has 2 amide bonds. The van der Waals surface area contributed by atoms with Crippen LogP contribution in [0.4, 0.5) is 10.5 Å². The third-order valence-corrected chi connectivity index (χ3v) is 2.79. The number of hydrogen-bond acceptors (Lipinski definition) is 3. The highest BCUT2D eigenvalue weighted by molar-refractivity contribution is 6.01. The molecule has 114 valence electrons. The number of ether oxygens (including phenoxy) is 1. The van der Waals surface area contributed by atoms with Gasteiger partial charge in [0.15, 0.2) is 0 Å². The second-order valence-corrected chi connectivity index (χ2v) is 4.30. The SMILES string of the molecule is C=CCCOCCNC(=O)N(C)c1ccccc1C(=O)O. The van der Waals surface area contributed by atoms with Gasteiger partial charge in [-0.15, -0.1) is 6.58 Å². The molecule has 1 aromatic rings. The van der Waals surface area contributed by atoms with E-state index < -0.39 is 5.97 Å². The van der Waals surface area contributed by atoms with Crippen LogP contribution in [0.2, 0.25) is 0 Å². The van der Waals surface area contributed by atoms with Crippen LogP contribution in [-0.4, -0.2) is 43.9 Å². The van der Waals surface area contributed by atoms with Gasteiger partial charge in [-0.3, -0.25) is 4.90 Å². The number of amides is 2. The number of carboxylic acid groups (broad SMARTS) is 1. The second-order valence-electron chi connectivity index (χ2n) is 4.30. The van der Waals surface area contributed by atoms with Gasteiger partial charge in [-0.1, -0.05) is 18.2 Å². The monoisotopic (exact) mass is 292 g/mol. The Balaban J connectivity index is 2.51. The van der Waals surface area contributed by atoms with Gasteiger partial charge in [0.1, 0.15) is 0 Å². The van der Waals surface area contributed by atoms with E-state index in [2.05, 4.69) is 11.9 Å². The van der Waals surface area contributed by atoms with Crippen molar-refractivity contribution in [1.82, 2.24) is 5.32 Å². The fourth-order valence-corrected chi connectivity index (χ4v) is 1.67. The first-order valence-corrected chi connectivity index (χ1v) is 6.60. The number of nitrogens with zero attached hydrogens (tertiary/aromatic N) is 1. The zero-order chi connectivity index (χ0) is 15.7. The van der Waals surface area contributed by atoms with Crippen molar-refractivity contribution in [2.24, 2.45) is 0 Å². The van der Waals surface area contributed by atoms with Gasteiger partial charge in [0.05, 0.1) is 24.5 Å². The van der Waals surface area contributed by atoms with Crippen LogP contribution in [0.5, 0.6) is 0 Å². The van der Waals surface area contributed by atoms with Crippen LogP contribution in [0.15, 0.2) is 36.9 Å². The lowest BCUT2D eigenvalue weighted by atomic mass is 10.1. The Labute approximate surface area is 124 Å². The molecule has 1 aromatic carbocycles. The van der Waals surface area contributed by atoms with Gasteiger partial charge in [0.2, 0.25) is 0 Å². The molecule has 0 saturated heterocycles. The normalized spacial score (nSPS) is 9.95. The molecule has 0 aliphatic carbocycles. The number of carbonyl (C=O) groups excluding carboxylic acids is 1. The van der Waals surface area contributed by atoms with Crippen molar-refractivity contribution in [3.8, 4) is 0 Å². The van der Waals surface area contributed by atoms with E-state index in [1.165, 1.54) is 18.0 Å². The lowest BCUT2D eigenvalue weighted by Crippen LogP contribution is -2.39. The third kappa shape index (κ3) is 5.27. The maximum absolute atomic E-state index is 12.0. The molecule has 6 heteroatoms. The van der Waals surface area contributed by atoms with Gasteiger partial charge in [-0.2, -0.15) is 0 Å². The Morgan fingerprint density at radius 1 is 1.38 bits per heavy atom. The highest BCUT2D eigenvalue weighted by Crippen LogP contribution is 2.18. The topological polar surface area (TPSA) is 78.9 Å². The summed E-state index contributed by atoms with van der Waals surface area (Å²) < 4.78 is 5.27. The number of anilines is 1. The first-order valence-electron chi connectivity index (χ1n) is 6.60. The van der Waals surface area contributed by atoms with Crippen LogP contribution in [0.25, 0.3) is 0 Å². The molecule has 6 nitrogen and oxygen atoms in total. The van der Waals surface area contributed by atoms with E-state index in [-0.39, 0.29) is 11.6 Å². The van der Waals surface area contributed by atoms with Crippen LogP contribution in [0, 0.1) is 0 Å². The quantitative estimate of drug-likeness (QED) is 0.568. The van der Waals surface area contributed by atoms with Crippen LogP contribution < -0.4 is 10.2 Å². The molecule has 0 bridgehead atoms. The summed E-state index contributed by atoms with van der Waals surface area (Å²) in [5.41, 5.74) is 0.424. The zero-order valence-electron chi connectivity index (χ0n) is 12.0. The average Bonchev–Trinajstić information content (AvgIpc) is 2.49. The molecule has 0 atom stereocenters. The van der Waals surface area contributed by atoms with Gasteiger partial charge in [-0.05, 0) is 18.6 Å². The first-order chi connectivity index (χ1) is 10.1. The predicted octanol–water partition coefficient (Wildman–Crippen LogP) is 2.12. The Morgan fingerprint density at radius 2 is 2.10 bits per heavy atom. The third-order valence-electron chi connectivity index (χ3n) is 2.79. The molecule has 0 aliphatic rings. The first kappa shape index (κ1) is 16.7. The van der Waals surface area contributed by atoms with Gasteiger partial charge >= 0.3 is 12.0 Å². The molecule has 21 heavy (non-hydrogen) atoms. The van der Waals surface area contributed by atoms with Crippen molar-refractivity contribution in [1.29, 1.82) is 0 Å². The molecule has 0 spiro atoms. The van der Waals surface area contributed by atoms with Crippen molar-refractivity contribution in [2.75, 3.05) is 31.7 Å². The molecule has 0 aromatic heterocycles. The van der Waals surface area contributed by atoms with Crippen molar-refractivity contribution in [3.05, 3.63) is 42.5 Å². The summed E-state index contributed by atoms with van der Waals surface area (Å²) in [4.78, 5) is 24.4. The minimum atomic E-state index is -1.07. The summed E-state index contributed by atoms with van der Waals surface area (Å²) in [6.07, 6.45) is 2.52. The van der Waals surface area contributed by atoms with E-state index in [4.69, 9.17) is 9.84 Å². The number of nitrogens with one attached hydrogen (secondary N) is 1. The van der Waals surface area contributed by atoms with E-state index >= 15 is 0 Å². The summed E-state index contributed by atoms with van der Waals surface area (Å²) in [7, 11) is 1.52. The van der Waals surface area contributed by atoms with E-state index in [1.54, 1.807) is 24.3 Å². The van der Waals surface area contributed by atoms with Crippen molar-refractivity contribution >= 4 is 17.7 Å². The van der Waals surface area contributed by atoms with Gasteiger partial charge in [0.25, 0.3) is 0 Å². The summed E-state index contributed by atoms with van der Waals surface area (Å²) in [5, 5.41) is 11.8. The van der Waals surface area contributed by atoms with E-state index in [9.17, 15) is 9.59 Å². The van der Waals surface area contributed by atoms with Crippen LogP contribution in [0.1, 0.15) is 16.8 Å². The van der Waals surface area contributed by atoms with E-state index in [0.29, 0.717) is 25.4 Å². The molecule has 0 aliphatic heterocycles. The van der Waals surface area contributed by atoms with Crippen LogP contribution in [0.3, 0.4) is 0 Å². The number of urea groups is 1. The van der Waals surface area contributed by atoms with Gasteiger partial charge in [-0.25, -0.2) is 9.59 Å². The minimum absolute atomic E-state index is 0.0809. The maximum atomic E-state index is 12.0. The minimum Gasteiger partial charge on any atom is -0.478 e. The van der Waals surface area contributed by atoms with Crippen LogP contribution >= 0.6 is 0 Å². The maximum Gasteiger partial charge on any atom is 0.337 e. The highest BCUT2D eigenvalue weighted by Gasteiger charge is 2.17. The molecular formula is C15H20N2O4. The van der Waals surface area contributed by atoms with Crippen molar-refractivity contribution in [2.45, 2.75) is 6.42 Å². The fourth-order valence-electron chi connectivity index (χ4n) is 1.67. The molecule has 0 heterocycles. The molecule has 2 N–H and O–H groups in total. The van der Waals surface area contributed by atoms with Gasteiger partial charge < -0.3 is 15.2 Å². The number of hydrogen-bond donors (Lipinski definition) is 2.